The molecule has 29 heavy (non-hydrogen) atoms. The Kier molecular flexibility index (Phi) is 6.66. The van der Waals surface area contributed by atoms with Crippen LogP contribution in [0.4, 0.5) is 4.39 Å². The third-order valence-electron chi connectivity index (χ3n) is 4.97. The molecule has 1 aromatic carbocycles. The molecule has 0 unspecified atom stereocenters. The maximum absolute atomic E-state index is 14.3. The van der Waals surface area contributed by atoms with Crippen molar-refractivity contribution in [3.05, 3.63) is 47.8 Å². The zero-order valence-corrected chi connectivity index (χ0v) is 15.8. The molecule has 1 aromatic rings. The minimum absolute atomic E-state index is 0.123. The van der Waals surface area contributed by atoms with E-state index < -0.39 is 48.3 Å². The van der Waals surface area contributed by atoms with E-state index in [4.69, 9.17) is 14.2 Å². The second-order valence-corrected chi connectivity index (χ2v) is 6.96. The number of carbonyl (C=O) groups is 1. The number of benzene rings is 1. The number of nitrogens with one attached hydrogen (secondary N) is 1. The zero-order chi connectivity index (χ0) is 21.1. The van der Waals surface area contributed by atoms with Gasteiger partial charge in [0, 0.05) is 17.2 Å². The fraction of sp³-hybridized carbons (Fsp3) is 0.450. The van der Waals surface area contributed by atoms with E-state index in [2.05, 4.69) is 11.9 Å². The quantitative estimate of drug-likeness (QED) is 0.389. The number of amides is 1. The summed E-state index contributed by atoms with van der Waals surface area (Å²) in [6.45, 7) is 5.10. The summed E-state index contributed by atoms with van der Waals surface area (Å²) in [5.74, 6) is -0.882. The minimum atomic E-state index is -1.46. The molecule has 1 aliphatic heterocycles. The summed E-state index contributed by atoms with van der Waals surface area (Å²) in [6.07, 6.45) is -2.95. The largest absolute Gasteiger partial charge is 0.489 e. The van der Waals surface area contributed by atoms with Gasteiger partial charge < -0.3 is 34.8 Å². The Balaban J connectivity index is 1.70. The van der Waals surface area contributed by atoms with Crippen molar-refractivity contribution in [2.75, 3.05) is 13.4 Å². The Morgan fingerprint density at radius 1 is 1.28 bits per heavy atom. The summed E-state index contributed by atoms with van der Waals surface area (Å²) in [6, 6.07) is 3.05. The number of hydrogen-bond acceptors (Lipinski definition) is 7. The average molecular weight is 409 g/mol. The van der Waals surface area contributed by atoms with Crippen molar-refractivity contribution in [2.24, 2.45) is 0 Å². The Morgan fingerprint density at radius 3 is 2.62 bits per heavy atom. The summed E-state index contributed by atoms with van der Waals surface area (Å²) in [4.78, 5) is 12.5. The van der Waals surface area contributed by atoms with E-state index >= 15 is 0 Å². The van der Waals surface area contributed by atoms with E-state index in [0.29, 0.717) is 5.75 Å². The fourth-order valence-electron chi connectivity index (χ4n) is 3.39. The van der Waals surface area contributed by atoms with Crippen molar-refractivity contribution >= 4 is 12.0 Å². The van der Waals surface area contributed by atoms with Gasteiger partial charge in [0.1, 0.15) is 55.5 Å². The van der Waals surface area contributed by atoms with Crippen LogP contribution in [0.15, 0.2) is 36.4 Å². The van der Waals surface area contributed by atoms with Gasteiger partial charge in [0.2, 0.25) is 5.91 Å². The van der Waals surface area contributed by atoms with Crippen molar-refractivity contribution in [2.45, 2.75) is 43.5 Å². The van der Waals surface area contributed by atoms with Gasteiger partial charge in [-0.05, 0) is 25.1 Å². The lowest BCUT2D eigenvalue weighted by Crippen LogP contribution is -2.67. The van der Waals surface area contributed by atoms with E-state index in [9.17, 15) is 24.5 Å². The van der Waals surface area contributed by atoms with Gasteiger partial charge in [-0.25, -0.2) is 4.39 Å². The van der Waals surface area contributed by atoms with Crippen molar-refractivity contribution in [1.82, 2.24) is 5.32 Å². The van der Waals surface area contributed by atoms with Crippen LogP contribution in [-0.2, 0) is 14.3 Å². The summed E-state index contributed by atoms with van der Waals surface area (Å²) in [5.41, 5.74) is 0.309. The standard InChI is InChI=1S/C20H24FNO7/c1-3-6-27-12-5-4-11(13(21)8-12)7-10(2)20(26)22-14-15(23)17(25)19-18(16(14)24)28-9-29-19/h3-5,7-8,14-19,23-25H,1,6,9H2,2H3,(H,22,26)/b10-7+/t14-,15+,16-,17-,18+,19-/m1/s1. The SMILES string of the molecule is C=CCOc1ccc(/C=C(\C)C(=O)N[C@@H]2[C@H](O)[C@@H](O)[C@H]3OCO[C@H]3[C@@H]2O)c(F)c1. The van der Waals surface area contributed by atoms with Crippen LogP contribution in [-0.4, -0.2) is 71.2 Å². The predicted octanol–water partition coefficient (Wildman–Crippen LogP) is 0.116. The zero-order valence-electron chi connectivity index (χ0n) is 15.8. The first-order valence-corrected chi connectivity index (χ1v) is 9.13. The molecule has 1 saturated heterocycles. The molecule has 1 amide bonds. The summed E-state index contributed by atoms with van der Waals surface area (Å²) in [7, 11) is 0. The molecular formula is C20H24FNO7. The molecule has 0 bridgehead atoms. The van der Waals surface area contributed by atoms with Crippen molar-refractivity contribution in [3.63, 3.8) is 0 Å². The first-order valence-electron chi connectivity index (χ1n) is 9.13. The van der Waals surface area contributed by atoms with Gasteiger partial charge >= 0.3 is 0 Å². The van der Waals surface area contributed by atoms with Gasteiger partial charge in [0.25, 0.3) is 0 Å². The Hall–Kier alpha value is -2.30. The van der Waals surface area contributed by atoms with Gasteiger partial charge in [-0.15, -0.1) is 0 Å². The highest BCUT2D eigenvalue weighted by Gasteiger charge is 2.53. The van der Waals surface area contributed by atoms with E-state index in [1.54, 1.807) is 6.07 Å². The molecule has 2 fully saturated rings. The molecule has 3 rings (SSSR count). The Morgan fingerprint density at radius 2 is 1.97 bits per heavy atom. The highest BCUT2D eigenvalue weighted by atomic mass is 19.1. The average Bonchev–Trinajstić information content (AvgIpc) is 3.19. The van der Waals surface area contributed by atoms with Crippen LogP contribution in [0.1, 0.15) is 12.5 Å². The Bertz CT molecular complexity index is 799. The molecule has 6 atom stereocenters. The number of aliphatic hydroxyl groups is 3. The minimum Gasteiger partial charge on any atom is -0.489 e. The van der Waals surface area contributed by atoms with Gasteiger partial charge in [0.05, 0.1) is 6.04 Å². The number of halogens is 1. The molecule has 4 N–H and O–H groups in total. The molecule has 158 valence electrons. The third kappa shape index (κ3) is 4.49. The van der Waals surface area contributed by atoms with E-state index in [-0.39, 0.29) is 24.5 Å². The molecule has 9 heteroatoms. The highest BCUT2D eigenvalue weighted by Crippen LogP contribution is 2.30. The third-order valence-corrected chi connectivity index (χ3v) is 4.97. The molecule has 2 aliphatic rings. The number of rotatable bonds is 6. The summed E-state index contributed by atoms with van der Waals surface area (Å²) < 4.78 is 29.9. The molecule has 0 radical (unpaired) electrons. The molecular weight excluding hydrogens is 385 g/mol. The smallest absolute Gasteiger partial charge is 0.247 e. The van der Waals surface area contributed by atoms with Crippen LogP contribution in [0.2, 0.25) is 0 Å². The number of carbonyl (C=O) groups excluding carboxylic acids is 1. The summed E-state index contributed by atoms with van der Waals surface area (Å²) in [5, 5.41) is 33.3. The topological polar surface area (TPSA) is 117 Å². The van der Waals surface area contributed by atoms with Crippen LogP contribution in [0, 0.1) is 5.82 Å². The van der Waals surface area contributed by atoms with Crippen LogP contribution < -0.4 is 10.1 Å². The number of ether oxygens (including phenoxy) is 3. The lowest BCUT2D eigenvalue weighted by molar-refractivity contribution is -0.155. The van der Waals surface area contributed by atoms with Crippen molar-refractivity contribution in [3.8, 4) is 5.75 Å². The first-order chi connectivity index (χ1) is 13.8. The van der Waals surface area contributed by atoms with Gasteiger partial charge in [-0.3, -0.25) is 4.79 Å². The highest BCUT2D eigenvalue weighted by molar-refractivity contribution is 5.97. The number of hydrogen-bond donors (Lipinski definition) is 4. The van der Waals surface area contributed by atoms with Crippen LogP contribution in [0.5, 0.6) is 5.75 Å². The summed E-state index contributed by atoms with van der Waals surface area (Å²) >= 11 is 0. The van der Waals surface area contributed by atoms with Crippen molar-refractivity contribution in [1.29, 1.82) is 0 Å². The lowest BCUT2D eigenvalue weighted by atomic mass is 9.83. The van der Waals surface area contributed by atoms with E-state index in [1.807, 2.05) is 0 Å². The van der Waals surface area contributed by atoms with Crippen LogP contribution >= 0.6 is 0 Å². The predicted molar refractivity (Wildman–Crippen MR) is 100 cm³/mol. The van der Waals surface area contributed by atoms with E-state index in [0.717, 1.165) is 0 Å². The second-order valence-electron chi connectivity index (χ2n) is 6.96. The van der Waals surface area contributed by atoms with E-state index in [1.165, 1.54) is 31.2 Å². The number of aliphatic hydroxyl groups excluding tert-OH is 3. The van der Waals surface area contributed by atoms with Gasteiger partial charge in [0.15, 0.2) is 0 Å². The molecule has 1 saturated carbocycles. The van der Waals surface area contributed by atoms with Crippen molar-refractivity contribution < 1.29 is 38.7 Å². The molecule has 1 aliphatic carbocycles. The van der Waals surface area contributed by atoms with Crippen LogP contribution in [0.3, 0.4) is 0 Å². The molecule has 0 spiro atoms. The monoisotopic (exact) mass is 409 g/mol. The van der Waals surface area contributed by atoms with Gasteiger partial charge in [-0.1, -0.05) is 12.7 Å². The molecule has 1 heterocycles. The molecule has 8 nitrogen and oxygen atoms in total. The fourth-order valence-corrected chi connectivity index (χ4v) is 3.39. The molecule has 0 aromatic heterocycles. The Labute approximate surface area is 167 Å². The maximum Gasteiger partial charge on any atom is 0.247 e. The van der Waals surface area contributed by atoms with Gasteiger partial charge in [-0.2, -0.15) is 0 Å². The van der Waals surface area contributed by atoms with Crippen LogP contribution in [0.25, 0.3) is 6.08 Å². The maximum atomic E-state index is 14.3. The normalized spacial score (nSPS) is 31.8. The first kappa shape index (κ1) is 21.4. The lowest BCUT2D eigenvalue weighted by Gasteiger charge is -2.41. The second kappa shape index (κ2) is 9.02. The number of fused-ring (bicyclic) bond motifs is 1.